The third-order valence-corrected chi connectivity index (χ3v) is 2.37. The highest BCUT2D eigenvalue weighted by molar-refractivity contribution is 5.85. The summed E-state index contributed by atoms with van der Waals surface area (Å²) in [5, 5.41) is 2.69. The summed E-state index contributed by atoms with van der Waals surface area (Å²) in [6, 6.07) is 15.0. The largest absolute Gasteiger partial charge is 0.412 e. The second-order valence-corrected chi connectivity index (χ2v) is 3.88. The van der Waals surface area contributed by atoms with E-state index in [2.05, 4.69) is 61.5 Å². The van der Waals surface area contributed by atoms with Crippen LogP contribution in [0.5, 0.6) is 0 Å². The quantitative estimate of drug-likeness (QED) is 0.793. The molecule has 2 rings (SSSR count). The van der Waals surface area contributed by atoms with Crippen LogP contribution in [0.3, 0.4) is 0 Å². The van der Waals surface area contributed by atoms with Crippen molar-refractivity contribution in [3.63, 3.8) is 0 Å². The fourth-order valence-corrected chi connectivity index (χ4v) is 1.77. The highest BCUT2D eigenvalue weighted by atomic mass is 35.5. The molecule has 2 aromatic carbocycles. The molecule has 0 aliphatic carbocycles. The maximum atomic E-state index is 2.20. The van der Waals surface area contributed by atoms with Crippen molar-refractivity contribution < 1.29 is 5.48 Å². The van der Waals surface area contributed by atoms with E-state index in [1.807, 2.05) is 0 Å². The first-order valence-corrected chi connectivity index (χ1v) is 4.89. The Morgan fingerprint density at radius 3 is 2.25 bits per heavy atom. The van der Waals surface area contributed by atoms with Gasteiger partial charge in [-0.3, -0.25) is 0 Å². The van der Waals surface area contributed by atoms with Gasteiger partial charge in [0.1, 0.15) is 0 Å². The number of rotatable bonds is 2. The lowest BCUT2D eigenvalue weighted by atomic mass is 10.0. The molecule has 0 saturated carbocycles. The summed E-state index contributed by atoms with van der Waals surface area (Å²) in [5.41, 5.74) is 1.40. The molecule has 0 aliphatic heterocycles. The minimum Gasteiger partial charge on any atom is -0.412 e. The molecule has 2 nitrogen and oxygen atoms in total. The lowest BCUT2D eigenvalue weighted by Crippen LogP contribution is -2.10. The van der Waals surface area contributed by atoms with Crippen LogP contribution in [0.15, 0.2) is 42.5 Å². The predicted molar refractivity (Wildman–Crippen MR) is 72.2 cm³/mol. The van der Waals surface area contributed by atoms with Crippen LogP contribution in [0.2, 0.25) is 0 Å². The summed E-state index contributed by atoms with van der Waals surface area (Å²) >= 11 is 0. The minimum atomic E-state index is 0. The summed E-state index contributed by atoms with van der Waals surface area (Å²) in [6.07, 6.45) is 0. The van der Waals surface area contributed by atoms with Gasteiger partial charge in [-0.1, -0.05) is 42.5 Å². The summed E-state index contributed by atoms with van der Waals surface area (Å²) < 4.78 is 0. The molecule has 0 heterocycles. The Balaban J connectivity index is 0.00000112. The van der Waals surface area contributed by atoms with Crippen molar-refractivity contribution in [1.29, 1.82) is 0 Å². The molecule has 0 bridgehead atoms. The van der Waals surface area contributed by atoms with Crippen LogP contribution in [0.25, 0.3) is 10.8 Å². The third kappa shape index (κ3) is 3.20. The van der Waals surface area contributed by atoms with Crippen molar-refractivity contribution in [2.45, 2.75) is 6.54 Å². The Labute approximate surface area is 103 Å². The molecule has 2 N–H and O–H groups in total. The topological polar surface area (TPSA) is 34.7 Å². The maximum absolute atomic E-state index is 2.20. The predicted octanol–water partition coefficient (Wildman–Crippen LogP) is 2.50. The van der Waals surface area contributed by atoms with Crippen LogP contribution < -0.4 is 0 Å². The first-order chi connectivity index (χ1) is 6.77. The molecule has 88 valence electrons. The van der Waals surface area contributed by atoms with Gasteiger partial charge in [0, 0.05) is 6.54 Å². The number of fused-ring (bicyclic) bond motifs is 1. The summed E-state index contributed by atoms with van der Waals surface area (Å²) in [5.74, 6) is 0. The molecular weight excluding hydrogens is 222 g/mol. The van der Waals surface area contributed by atoms with Crippen molar-refractivity contribution in [2.75, 3.05) is 14.1 Å². The highest BCUT2D eigenvalue weighted by Crippen LogP contribution is 2.18. The third-order valence-electron chi connectivity index (χ3n) is 2.37. The van der Waals surface area contributed by atoms with E-state index in [1.165, 1.54) is 16.3 Å². The summed E-state index contributed by atoms with van der Waals surface area (Å²) in [4.78, 5) is 2.20. The van der Waals surface area contributed by atoms with Crippen LogP contribution in [-0.4, -0.2) is 24.5 Å². The van der Waals surface area contributed by atoms with Gasteiger partial charge in [-0.15, -0.1) is 12.4 Å². The summed E-state index contributed by atoms with van der Waals surface area (Å²) in [7, 11) is 4.20. The van der Waals surface area contributed by atoms with Crippen molar-refractivity contribution in [3.05, 3.63) is 48.0 Å². The zero-order chi connectivity index (χ0) is 9.97. The molecule has 0 aromatic heterocycles. The molecule has 0 spiro atoms. The molecule has 0 fully saturated rings. The average molecular weight is 240 g/mol. The second-order valence-electron chi connectivity index (χ2n) is 3.88. The molecule has 0 saturated heterocycles. The number of benzene rings is 2. The first-order valence-electron chi connectivity index (χ1n) is 4.89. The minimum absolute atomic E-state index is 0. The monoisotopic (exact) mass is 239 g/mol. The van der Waals surface area contributed by atoms with Crippen LogP contribution in [0.4, 0.5) is 0 Å². The molecule has 0 amide bonds. The Morgan fingerprint density at radius 2 is 1.56 bits per heavy atom. The number of nitrogens with zero attached hydrogens (tertiary/aromatic N) is 1. The van der Waals surface area contributed by atoms with Gasteiger partial charge in [0.25, 0.3) is 0 Å². The fraction of sp³-hybridized carbons (Fsp3) is 0.231. The molecule has 0 unspecified atom stereocenters. The molecule has 3 heteroatoms. The number of hydrogen-bond acceptors (Lipinski definition) is 1. The number of hydrogen-bond donors (Lipinski definition) is 0. The molecule has 16 heavy (non-hydrogen) atoms. The van der Waals surface area contributed by atoms with E-state index in [1.54, 1.807) is 0 Å². The van der Waals surface area contributed by atoms with E-state index < -0.39 is 0 Å². The van der Waals surface area contributed by atoms with Gasteiger partial charge in [-0.05, 0) is 30.4 Å². The fourth-order valence-electron chi connectivity index (χ4n) is 1.77. The van der Waals surface area contributed by atoms with E-state index in [4.69, 9.17) is 0 Å². The van der Waals surface area contributed by atoms with Crippen molar-refractivity contribution >= 4 is 23.2 Å². The SMILES string of the molecule is CN(C)Cc1cccc2ccccc12.Cl.O. The summed E-state index contributed by atoms with van der Waals surface area (Å²) in [6.45, 7) is 1.00. The Kier molecular flexibility index (Phi) is 6.04. The average Bonchev–Trinajstić information content (AvgIpc) is 2.18. The zero-order valence-electron chi connectivity index (χ0n) is 9.60. The standard InChI is InChI=1S/C13H15N.ClH.H2O/c1-14(2)10-12-8-5-7-11-6-3-4-9-13(11)12;;/h3-9H,10H2,1-2H3;1H;1H2. The lowest BCUT2D eigenvalue weighted by molar-refractivity contribution is 0.404. The molecule has 0 aliphatic rings. The lowest BCUT2D eigenvalue weighted by Gasteiger charge is -2.11. The normalized spacial score (nSPS) is 9.69. The van der Waals surface area contributed by atoms with Gasteiger partial charge in [0.2, 0.25) is 0 Å². The van der Waals surface area contributed by atoms with Crippen molar-refractivity contribution in [1.82, 2.24) is 4.90 Å². The maximum Gasteiger partial charge on any atom is 0.0233 e. The van der Waals surface area contributed by atoms with E-state index >= 15 is 0 Å². The van der Waals surface area contributed by atoms with E-state index in [0.29, 0.717) is 0 Å². The van der Waals surface area contributed by atoms with Gasteiger partial charge in [-0.25, -0.2) is 0 Å². The van der Waals surface area contributed by atoms with Crippen LogP contribution in [0.1, 0.15) is 5.56 Å². The van der Waals surface area contributed by atoms with Gasteiger partial charge in [0.05, 0.1) is 0 Å². The first kappa shape index (κ1) is 14.9. The Hall–Kier alpha value is -1.09. The van der Waals surface area contributed by atoms with Crippen molar-refractivity contribution in [2.24, 2.45) is 0 Å². The second kappa shape index (κ2) is 6.48. The number of halogens is 1. The Bertz CT molecular complexity index is 437. The smallest absolute Gasteiger partial charge is 0.0233 e. The van der Waals surface area contributed by atoms with Crippen molar-refractivity contribution in [3.8, 4) is 0 Å². The zero-order valence-corrected chi connectivity index (χ0v) is 10.4. The van der Waals surface area contributed by atoms with Crippen LogP contribution in [-0.2, 0) is 6.54 Å². The van der Waals surface area contributed by atoms with Gasteiger partial charge < -0.3 is 10.4 Å². The molecular formula is C13H18ClNO. The van der Waals surface area contributed by atoms with E-state index in [0.717, 1.165) is 6.54 Å². The van der Waals surface area contributed by atoms with Gasteiger partial charge in [0.15, 0.2) is 0 Å². The molecule has 0 radical (unpaired) electrons. The molecule has 2 aromatic rings. The van der Waals surface area contributed by atoms with Gasteiger partial charge in [-0.2, -0.15) is 0 Å². The highest BCUT2D eigenvalue weighted by Gasteiger charge is 2.00. The van der Waals surface area contributed by atoms with E-state index in [-0.39, 0.29) is 17.9 Å². The van der Waals surface area contributed by atoms with E-state index in [9.17, 15) is 0 Å². The Morgan fingerprint density at radius 1 is 0.938 bits per heavy atom. The van der Waals surface area contributed by atoms with Gasteiger partial charge >= 0.3 is 0 Å². The molecule has 0 atom stereocenters. The van der Waals surface area contributed by atoms with Crippen LogP contribution in [0, 0.1) is 0 Å². The van der Waals surface area contributed by atoms with Crippen LogP contribution >= 0.6 is 12.4 Å².